The van der Waals surface area contributed by atoms with Gasteiger partial charge in [0.05, 0.1) is 39.0 Å². The molecule has 6 nitrogen and oxygen atoms in total. The molecule has 1 amide bonds. The second-order valence-electron chi connectivity index (χ2n) is 11.3. The Labute approximate surface area is 272 Å². The molecule has 44 heavy (non-hydrogen) atoms. The number of hydrogen-bond donors (Lipinski definition) is 2. The lowest BCUT2D eigenvalue weighted by Crippen LogP contribution is -2.60. The molecule has 1 aromatic heterocycles. The van der Waals surface area contributed by atoms with Crippen molar-refractivity contribution in [1.29, 1.82) is 0 Å². The summed E-state index contributed by atoms with van der Waals surface area (Å²) in [5.74, 6) is -0.00999. The number of rotatable bonds is 10. The number of ether oxygens (including phenoxy) is 1. The molecule has 6 rings (SSSR count). The SMILES string of the molecule is O=C(C1=C(c2nc(CCCOc3cc(C(F)(F)F)ccc3Cl)cs2)CC2CNCC1N2)N(Cc1cccc(Cl)c1Cl)C1CC1. The lowest BCUT2D eigenvalue weighted by atomic mass is 9.87. The molecule has 1 aliphatic carbocycles. The summed E-state index contributed by atoms with van der Waals surface area (Å²) in [5.41, 5.74) is 2.56. The number of aromatic nitrogens is 1. The van der Waals surface area contributed by atoms with Crippen molar-refractivity contribution < 1.29 is 22.7 Å². The van der Waals surface area contributed by atoms with Gasteiger partial charge in [-0.05, 0) is 67.5 Å². The van der Waals surface area contributed by atoms with Gasteiger partial charge in [0, 0.05) is 42.7 Å². The molecule has 2 atom stereocenters. The van der Waals surface area contributed by atoms with E-state index in [4.69, 9.17) is 44.5 Å². The molecule has 1 saturated heterocycles. The number of thiazole rings is 1. The monoisotopic (exact) mass is 684 g/mol. The molecule has 3 aromatic rings. The van der Waals surface area contributed by atoms with E-state index >= 15 is 0 Å². The molecule has 13 heteroatoms. The third-order valence-corrected chi connectivity index (χ3v) is 10.2. The van der Waals surface area contributed by atoms with Gasteiger partial charge in [-0.25, -0.2) is 4.98 Å². The quantitative estimate of drug-likeness (QED) is 0.218. The van der Waals surface area contributed by atoms with Crippen LogP contribution < -0.4 is 15.4 Å². The summed E-state index contributed by atoms with van der Waals surface area (Å²) >= 11 is 20.4. The summed E-state index contributed by atoms with van der Waals surface area (Å²) in [5, 5.41) is 10.9. The summed E-state index contributed by atoms with van der Waals surface area (Å²) in [6, 6.07) is 8.73. The minimum Gasteiger partial charge on any atom is -0.492 e. The van der Waals surface area contributed by atoms with E-state index in [0.29, 0.717) is 42.4 Å². The number of hydrogen-bond acceptors (Lipinski definition) is 6. The molecular formula is C31H30Cl3F3N4O2S. The number of carbonyl (C=O) groups excluding carboxylic acids is 1. The molecule has 0 radical (unpaired) electrons. The first-order valence-electron chi connectivity index (χ1n) is 14.5. The van der Waals surface area contributed by atoms with E-state index in [-0.39, 0.29) is 41.4 Å². The number of piperazine rings is 1. The minimum atomic E-state index is -4.48. The van der Waals surface area contributed by atoms with Crippen molar-refractivity contribution in [1.82, 2.24) is 20.5 Å². The number of amides is 1. The van der Waals surface area contributed by atoms with E-state index in [9.17, 15) is 18.0 Å². The second kappa shape index (κ2) is 13.2. The van der Waals surface area contributed by atoms with Crippen LogP contribution in [0.4, 0.5) is 13.2 Å². The number of benzene rings is 2. The molecular weight excluding hydrogens is 656 g/mol. The fourth-order valence-electron chi connectivity index (χ4n) is 5.72. The lowest BCUT2D eigenvalue weighted by Gasteiger charge is -2.40. The Bertz CT molecular complexity index is 1580. The normalized spacial score (nSPS) is 20.1. The summed E-state index contributed by atoms with van der Waals surface area (Å²) in [6.07, 6.45) is -0.812. The number of alkyl halides is 3. The first-order chi connectivity index (χ1) is 21.1. The average molecular weight is 686 g/mol. The molecule has 2 aromatic carbocycles. The van der Waals surface area contributed by atoms with Gasteiger partial charge in [0.2, 0.25) is 0 Å². The Morgan fingerprint density at radius 3 is 2.70 bits per heavy atom. The third-order valence-electron chi connectivity index (χ3n) is 8.05. The smallest absolute Gasteiger partial charge is 0.416 e. The topological polar surface area (TPSA) is 66.5 Å². The van der Waals surface area contributed by atoms with Crippen LogP contribution in [0.1, 0.15) is 47.5 Å². The van der Waals surface area contributed by atoms with Gasteiger partial charge in [-0.15, -0.1) is 11.3 Å². The minimum absolute atomic E-state index is 0.00269. The second-order valence-corrected chi connectivity index (χ2v) is 13.3. The molecule has 2 N–H and O–H groups in total. The fourth-order valence-corrected chi connectivity index (χ4v) is 7.19. The van der Waals surface area contributed by atoms with Gasteiger partial charge < -0.3 is 20.3 Å². The maximum Gasteiger partial charge on any atom is 0.416 e. The van der Waals surface area contributed by atoms with E-state index in [1.807, 2.05) is 22.4 Å². The van der Waals surface area contributed by atoms with Gasteiger partial charge in [0.25, 0.3) is 5.91 Å². The van der Waals surface area contributed by atoms with Gasteiger partial charge in [0.15, 0.2) is 0 Å². The number of halogens is 6. The Morgan fingerprint density at radius 1 is 1.11 bits per heavy atom. The van der Waals surface area contributed by atoms with Gasteiger partial charge in [-0.1, -0.05) is 46.9 Å². The van der Waals surface area contributed by atoms with Crippen molar-refractivity contribution in [2.75, 3.05) is 19.7 Å². The Morgan fingerprint density at radius 2 is 1.93 bits per heavy atom. The molecule has 2 aliphatic heterocycles. The van der Waals surface area contributed by atoms with E-state index in [2.05, 4.69) is 10.6 Å². The highest BCUT2D eigenvalue weighted by Crippen LogP contribution is 2.39. The summed E-state index contributed by atoms with van der Waals surface area (Å²) in [6.45, 7) is 2.01. The highest BCUT2D eigenvalue weighted by atomic mass is 35.5. The van der Waals surface area contributed by atoms with Crippen LogP contribution in [-0.4, -0.2) is 53.6 Å². The van der Waals surface area contributed by atoms with E-state index in [0.717, 1.165) is 58.9 Å². The van der Waals surface area contributed by atoms with Crippen molar-refractivity contribution >= 4 is 57.6 Å². The standard InChI is InChI=1S/C31H30Cl3F3N4O2S/c32-23-9-6-18(31(35,36)37)11-26(23)43-10-2-4-19-16-44-29(40-19)22-12-20-13-38-14-25(39-20)27(22)30(42)41(21-7-8-21)15-17-3-1-5-24(33)28(17)34/h1,3,5-6,9,11,16,20-21,25,38-39H,2,4,7-8,10,12-15H2. The molecule has 1 saturated carbocycles. The van der Waals surface area contributed by atoms with Crippen LogP contribution >= 0.6 is 46.1 Å². The third kappa shape index (κ3) is 7.06. The van der Waals surface area contributed by atoms with Crippen LogP contribution in [0.15, 0.2) is 47.4 Å². The largest absolute Gasteiger partial charge is 0.492 e. The van der Waals surface area contributed by atoms with Gasteiger partial charge in [-0.3, -0.25) is 4.79 Å². The Hall–Kier alpha value is -2.34. The van der Waals surface area contributed by atoms with Crippen LogP contribution in [-0.2, 0) is 23.9 Å². The predicted octanol–water partition coefficient (Wildman–Crippen LogP) is 7.41. The number of carbonyl (C=O) groups is 1. The summed E-state index contributed by atoms with van der Waals surface area (Å²) in [7, 11) is 0. The van der Waals surface area contributed by atoms with E-state index < -0.39 is 11.7 Å². The Balaban J connectivity index is 1.19. The number of nitrogens with zero attached hydrogens (tertiary/aromatic N) is 2. The molecule has 0 spiro atoms. The summed E-state index contributed by atoms with van der Waals surface area (Å²) in [4.78, 5) is 21.2. The van der Waals surface area contributed by atoms with Gasteiger partial charge in [-0.2, -0.15) is 13.2 Å². The predicted molar refractivity (Wildman–Crippen MR) is 168 cm³/mol. The number of aryl methyl sites for hydroxylation is 1. The van der Waals surface area contributed by atoms with E-state index in [1.54, 1.807) is 6.07 Å². The van der Waals surface area contributed by atoms with Crippen LogP contribution in [0.5, 0.6) is 5.75 Å². The highest BCUT2D eigenvalue weighted by Gasteiger charge is 2.41. The lowest BCUT2D eigenvalue weighted by molar-refractivity contribution is -0.137. The van der Waals surface area contributed by atoms with Gasteiger partial charge in [0.1, 0.15) is 10.8 Å². The zero-order chi connectivity index (χ0) is 31.0. The summed E-state index contributed by atoms with van der Waals surface area (Å²) < 4.78 is 44.8. The van der Waals surface area contributed by atoms with Crippen molar-refractivity contribution in [3.63, 3.8) is 0 Å². The molecule has 3 aliphatic rings. The number of nitrogens with one attached hydrogen (secondary N) is 2. The molecule has 2 unspecified atom stereocenters. The van der Waals surface area contributed by atoms with Crippen molar-refractivity contribution in [3.8, 4) is 5.75 Å². The molecule has 234 valence electrons. The van der Waals surface area contributed by atoms with Crippen LogP contribution in [0.2, 0.25) is 15.1 Å². The average Bonchev–Trinajstić information content (AvgIpc) is 3.72. The van der Waals surface area contributed by atoms with Crippen molar-refractivity contribution in [2.24, 2.45) is 0 Å². The van der Waals surface area contributed by atoms with E-state index in [1.165, 1.54) is 17.4 Å². The maximum absolute atomic E-state index is 14.3. The maximum atomic E-state index is 14.3. The number of fused-ring (bicyclic) bond motifs is 2. The van der Waals surface area contributed by atoms with Crippen molar-refractivity contribution in [2.45, 2.75) is 63.0 Å². The molecule has 3 heterocycles. The zero-order valence-electron chi connectivity index (χ0n) is 23.5. The fraction of sp³-hybridized carbons (Fsp3) is 0.419. The molecule has 2 bridgehead atoms. The Kier molecular flexibility index (Phi) is 9.48. The highest BCUT2D eigenvalue weighted by molar-refractivity contribution is 7.10. The molecule has 2 fully saturated rings. The van der Waals surface area contributed by atoms with Crippen LogP contribution in [0.3, 0.4) is 0 Å². The van der Waals surface area contributed by atoms with Gasteiger partial charge >= 0.3 is 6.18 Å². The van der Waals surface area contributed by atoms with Crippen LogP contribution in [0.25, 0.3) is 5.57 Å². The van der Waals surface area contributed by atoms with Crippen molar-refractivity contribution in [3.05, 3.63) is 84.2 Å². The first-order valence-corrected chi connectivity index (χ1v) is 16.5. The first kappa shape index (κ1) is 31.6. The van der Waals surface area contributed by atoms with Crippen LogP contribution in [0, 0.1) is 0 Å². The zero-order valence-corrected chi connectivity index (χ0v) is 26.6.